The third-order valence-electron chi connectivity index (χ3n) is 12.9. The van der Waals surface area contributed by atoms with E-state index in [0.29, 0.717) is 0 Å². The number of aromatic nitrogens is 9. The smallest absolute Gasteiger partial charge is 0.116 e. The van der Waals surface area contributed by atoms with E-state index >= 15 is 0 Å². The van der Waals surface area contributed by atoms with Crippen molar-refractivity contribution >= 4 is 75.9 Å². The van der Waals surface area contributed by atoms with Crippen LogP contribution in [-0.4, -0.2) is 45.1 Å². The normalized spacial score (nSPS) is 10.3. The zero-order chi connectivity index (χ0) is 53.8. The highest BCUT2D eigenvalue weighted by atomic mass is 15.1. The van der Waals surface area contributed by atoms with Crippen molar-refractivity contribution in [2.24, 2.45) is 0 Å². The van der Waals surface area contributed by atoms with Gasteiger partial charge in [-0.2, -0.15) is 10.2 Å². The summed E-state index contributed by atoms with van der Waals surface area (Å²) in [4.78, 5) is 29.0. The van der Waals surface area contributed by atoms with E-state index in [4.69, 9.17) is 0 Å². The van der Waals surface area contributed by atoms with Gasteiger partial charge in [0.1, 0.15) is 6.33 Å². The summed E-state index contributed by atoms with van der Waals surface area (Å²) in [6.45, 7) is 14.5. The fourth-order valence-corrected chi connectivity index (χ4v) is 8.64. The molecule has 77 heavy (non-hydrogen) atoms. The molecule has 0 radical (unpaired) electrons. The second kappa shape index (κ2) is 27.0. The van der Waals surface area contributed by atoms with Crippen molar-refractivity contribution < 1.29 is 0 Å². The van der Waals surface area contributed by atoms with E-state index < -0.39 is 0 Å². The van der Waals surface area contributed by atoms with Gasteiger partial charge in [-0.1, -0.05) is 140 Å². The lowest BCUT2D eigenvalue weighted by Crippen LogP contribution is -1.84. The van der Waals surface area contributed by atoms with Gasteiger partial charge in [0.05, 0.1) is 28.3 Å². The molecule has 0 spiro atoms. The molecule has 0 atom stereocenters. The first-order valence-electron chi connectivity index (χ1n) is 25.5. The molecule has 0 fully saturated rings. The molecule has 0 aliphatic rings. The lowest BCUT2D eigenvalue weighted by molar-refractivity contribution is 1.07. The molecule has 14 aromatic rings. The molecule has 9 nitrogen and oxygen atoms in total. The van der Waals surface area contributed by atoms with Crippen molar-refractivity contribution in [2.45, 2.75) is 48.5 Å². The molecule has 14 rings (SSSR count). The fourth-order valence-electron chi connectivity index (χ4n) is 8.64. The molecule has 0 saturated carbocycles. The van der Waals surface area contributed by atoms with E-state index in [1.165, 1.54) is 76.5 Å². The van der Waals surface area contributed by atoms with Crippen molar-refractivity contribution in [3.63, 3.8) is 0 Å². The SMILES string of the molecule is Cc1cccc2ccnnc12.Cc1cccc2cnccc12.Cc1cccc2cncnc12.Cc1cccc2ncccc12.Cc1ccnc2ccccc12.Cc1cncc2ccccc12.Cc1nccc2ccccc12. The lowest BCUT2D eigenvalue weighted by atomic mass is 10.1. The molecule has 0 N–H and O–H groups in total. The van der Waals surface area contributed by atoms with E-state index in [0.717, 1.165) is 38.5 Å². The van der Waals surface area contributed by atoms with Crippen LogP contribution in [0.5, 0.6) is 0 Å². The third kappa shape index (κ3) is 14.5. The highest BCUT2D eigenvalue weighted by Gasteiger charge is 1.99. The highest BCUT2D eigenvalue weighted by Crippen LogP contribution is 2.19. The zero-order valence-corrected chi connectivity index (χ0v) is 44.6. The summed E-state index contributed by atoms with van der Waals surface area (Å²) in [6, 6.07) is 61.5. The van der Waals surface area contributed by atoms with Crippen LogP contribution in [0.4, 0.5) is 0 Å². The average Bonchev–Trinajstić information content (AvgIpc) is 3.47. The molecule has 0 amide bonds. The van der Waals surface area contributed by atoms with Gasteiger partial charge >= 0.3 is 0 Å². The van der Waals surface area contributed by atoms with Crippen molar-refractivity contribution in [3.05, 3.63) is 283 Å². The number of rotatable bonds is 0. The fraction of sp³-hybridized carbons (Fsp3) is 0.103. The minimum atomic E-state index is 0.995. The quantitative estimate of drug-likeness (QED) is 0.146. The summed E-state index contributed by atoms with van der Waals surface area (Å²) in [5.41, 5.74) is 12.8. The van der Waals surface area contributed by atoms with Crippen molar-refractivity contribution in [3.8, 4) is 0 Å². The van der Waals surface area contributed by atoms with Crippen molar-refractivity contribution in [2.75, 3.05) is 0 Å². The Hall–Kier alpha value is -9.73. The van der Waals surface area contributed by atoms with E-state index in [1.807, 2.05) is 173 Å². The summed E-state index contributed by atoms with van der Waals surface area (Å²) in [5, 5.41) is 20.1. The van der Waals surface area contributed by atoms with Gasteiger partial charge < -0.3 is 0 Å². The van der Waals surface area contributed by atoms with Crippen LogP contribution in [0.15, 0.2) is 244 Å². The van der Waals surface area contributed by atoms with Crippen LogP contribution in [0, 0.1) is 48.5 Å². The molecule has 9 heteroatoms. The van der Waals surface area contributed by atoms with Gasteiger partial charge in [0.25, 0.3) is 0 Å². The Bertz CT molecular complexity index is 3380. The van der Waals surface area contributed by atoms with E-state index in [1.54, 1.807) is 12.5 Å². The zero-order valence-electron chi connectivity index (χ0n) is 44.6. The van der Waals surface area contributed by atoms with Crippen LogP contribution in [0.2, 0.25) is 0 Å². The number of para-hydroxylation sites is 2. The first kappa shape index (κ1) is 53.6. The van der Waals surface area contributed by atoms with Gasteiger partial charge in [0.15, 0.2) is 0 Å². The number of pyridine rings is 5. The molecular formula is C68H61N9. The largest absolute Gasteiger partial charge is 0.264 e. The minimum Gasteiger partial charge on any atom is -0.264 e. The van der Waals surface area contributed by atoms with Gasteiger partial charge in [0.2, 0.25) is 0 Å². The number of aryl methyl sites for hydroxylation is 7. The predicted molar refractivity (Wildman–Crippen MR) is 321 cm³/mol. The maximum atomic E-state index is 4.24. The minimum absolute atomic E-state index is 0.995. The Morgan fingerprint density at radius 2 is 0.766 bits per heavy atom. The number of benzene rings is 7. The molecule has 7 aromatic carbocycles. The van der Waals surface area contributed by atoms with E-state index in [9.17, 15) is 0 Å². The van der Waals surface area contributed by atoms with Gasteiger partial charge in [-0.25, -0.2) is 9.97 Å². The second-order valence-electron chi connectivity index (χ2n) is 18.3. The van der Waals surface area contributed by atoms with Gasteiger partial charge in [-0.05, 0) is 140 Å². The first-order valence-corrected chi connectivity index (χ1v) is 25.5. The molecular weight excluding hydrogens is 943 g/mol. The van der Waals surface area contributed by atoms with Crippen LogP contribution >= 0.6 is 0 Å². The van der Waals surface area contributed by atoms with E-state index in [2.05, 4.69) is 153 Å². The maximum Gasteiger partial charge on any atom is 0.116 e. The molecule has 7 heterocycles. The molecule has 0 unspecified atom stereocenters. The summed E-state index contributed by atoms with van der Waals surface area (Å²) >= 11 is 0. The number of hydrogen-bond donors (Lipinski definition) is 0. The van der Waals surface area contributed by atoms with Crippen molar-refractivity contribution in [1.29, 1.82) is 0 Å². The highest BCUT2D eigenvalue weighted by molar-refractivity contribution is 5.87. The van der Waals surface area contributed by atoms with Crippen LogP contribution in [0.25, 0.3) is 75.9 Å². The molecule has 0 saturated heterocycles. The Balaban J connectivity index is 0.000000119. The van der Waals surface area contributed by atoms with Crippen LogP contribution in [0.3, 0.4) is 0 Å². The standard InChI is InChI=1S/5C10H9N.2C9H8N2/c1-8-4-2-6-10-9(8)5-3-7-11-10;1-8-3-2-4-9-7-11-6-5-10(8)9;1-8-6-11-7-9-4-2-3-5-10(8)9;1-8-10-5-3-2-4-9(10)6-7-11-8;1-8-6-7-11-10-5-3-2-4-9(8)10;1-7-3-2-4-8-5-10-6-11-9(7)8;1-7-3-2-4-8-5-6-10-11-9(7)8/h5*2-7H,1H3;2*2-6H,1H3. The third-order valence-corrected chi connectivity index (χ3v) is 12.9. The topological polar surface area (TPSA) is 116 Å². The summed E-state index contributed by atoms with van der Waals surface area (Å²) < 4.78 is 0. The molecule has 7 aromatic heterocycles. The van der Waals surface area contributed by atoms with Gasteiger partial charge in [-0.15, -0.1) is 0 Å². The Morgan fingerprint density at radius 3 is 1.48 bits per heavy atom. The van der Waals surface area contributed by atoms with Gasteiger partial charge in [-0.3, -0.25) is 24.9 Å². The number of nitrogens with zero attached hydrogens (tertiary/aromatic N) is 9. The summed E-state index contributed by atoms with van der Waals surface area (Å²) in [5.74, 6) is 0. The average molecular weight is 1000 g/mol. The second-order valence-corrected chi connectivity index (χ2v) is 18.3. The molecule has 378 valence electrons. The molecule has 0 bridgehead atoms. The Kier molecular flexibility index (Phi) is 18.8. The number of hydrogen-bond acceptors (Lipinski definition) is 9. The predicted octanol–water partition coefficient (Wildman–Crippen LogP) is 16.6. The molecule has 0 aliphatic carbocycles. The lowest BCUT2D eigenvalue weighted by Gasteiger charge is -1.98. The van der Waals surface area contributed by atoms with Crippen molar-refractivity contribution in [1.82, 2.24) is 45.1 Å². The van der Waals surface area contributed by atoms with Gasteiger partial charge in [0, 0.05) is 93.0 Å². The first-order chi connectivity index (χ1) is 37.6. The van der Waals surface area contributed by atoms with E-state index in [-0.39, 0.29) is 0 Å². The molecule has 0 aliphatic heterocycles. The maximum absolute atomic E-state index is 4.24. The van der Waals surface area contributed by atoms with Crippen LogP contribution < -0.4 is 0 Å². The number of fused-ring (bicyclic) bond motifs is 7. The Labute approximate surface area is 450 Å². The van der Waals surface area contributed by atoms with Crippen LogP contribution in [0.1, 0.15) is 39.1 Å². The Morgan fingerprint density at radius 1 is 0.260 bits per heavy atom. The monoisotopic (exact) mass is 1000 g/mol. The summed E-state index contributed by atoms with van der Waals surface area (Å²) in [6.07, 6.45) is 18.1. The summed E-state index contributed by atoms with van der Waals surface area (Å²) in [7, 11) is 0. The van der Waals surface area contributed by atoms with Crippen LogP contribution in [-0.2, 0) is 0 Å².